The summed E-state index contributed by atoms with van der Waals surface area (Å²) >= 11 is 0. The van der Waals surface area contributed by atoms with Gasteiger partial charge in [0.2, 0.25) is 5.91 Å². The monoisotopic (exact) mass is 299 g/mol. The Hall–Kier alpha value is -1.30. The van der Waals surface area contributed by atoms with Crippen molar-refractivity contribution in [2.45, 2.75) is 71.1 Å². The van der Waals surface area contributed by atoms with Gasteiger partial charge in [-0.1, -0.05) is 0 Å². The smallest absolute Gasteiger partial charge is 0.410 e. The predicted octanol–water partition coefficient (Wildman–Crippen LogP) is 1.63. The molecule has 3 N–H and O–H groups in total. The molecule has 0 radical (unpaired) electrons. The highest BCUT2D eigenvalue weighted by Gasteiger charge is 2.25. The molecule has 0 aromatic carbocycles. The molecule has 1 saturated heterocycles. The van der Waals surface area contributed by atoms with Crippen molar-refractivity contribution in [3.8, 4) is 0 Å². The van der Waals surface area contributed by atoms with Crippen LogP contribution in [0.15, 0.2) is 0 Å². The zero-order chi connectivity index (χ0) is 16.0. The minimum atomic E-state index is -0.461. The van der Waals surface area contributed by atoms with Gasteiger partial charge >= 0.3 is 6.09 Å². The minimum Gasteiger partial charge on any atom is -0.444 e. The average molecular weight is 299 g/mol. The third-order valence-electron chi connectivity index (χ3n) is 3.41. The molecule has 0 aromatic heterocycles. The first-order valence-electron chi connectivity index (χ1n) is 7.69. The lowest BCUT2D eigenvalue weighted by Crippen LogP contribution is -2.40. The van der Waals surface area contributed by atoms with Gasteiger partial charge in [0.1, 0.15) is 5.60 Å². The quantitative estimate of drug-likeness (QED) is 0.826. The average Bonchev–Trinajstić information content (AvgIpc) is 2.51. The van der Waals surface area contributed by atoms with Gasteiger partial charge in [-0.3, -0.25) is 4.79 Å². The standard InChI is InChI=1S/C15H29N3O3/c1-11(10-13(16)19)17-12-6-5-8-18(9-7-12)14(20)21-15(2,3)4/h11-12,17H,5-10H2,1-4H3,(H2,16,19). The summed E-state index contributed by atoms with van der Waals surface area (Å²) in [5.74, 6) is -0.293. The van der Waals surface area contributed by atoms with E-state index in [0.29, 0.717) is 19.0 Å². The number of hydrogen-bond acceptors (Lipinski definition) is 4. The molecule has 6 nitrogen and oxygen atoms in total. The van der Waals surface area contributed by atoms with Crippen LogP contribution in [0.2, 0.25) is 0 Å². The molecule has 1 fully saturated rings. The molecule has 0 spiro atoms. The fraction of sp³-hybridized carbons (Fsp3) is 0.867. The number of amides is 2. The topological polar surface area (TPSA) is 84.7 Å². The summed E-state index contributed by atoms with van der Waals surface area (Å²) in [6, 6.07) is 0.382. The molecule has 2 unspecified atom stereocenters. The van der Waals surface area contributed by atoms with Crippen LogP contribution >= 0.6 is 0 Å². The van der Waals surface area contributed by atoms with Crippen molar-refractivity contribution in [2.75, 3.05) is 13.1 Å². The van der Waals surface area contributed by atoms with Crippen molar-refractivity contribution in [3.63, 3.8) is 0 Å². The fourth-order valence-electron chi connectivity index (χ4n) is 2.54. The Kier molecular flexibility index (Phi) is 6.45. The highest BCUT2D eigenvalue weighted by atomic mass is 16.6. The van der Waals surface area contributed by atoms with E-state index in [9.17, 15) is 9.59 Å². The molecule has 1 rings (SSSR count). The molecule has 21 heavy (non-hydrogen) atoms. The number of nitrogens with one attached hydrogen (secondary N) is 1. The van der Waals surface area contributed by atoms with E-state index in [-0.39, 0.29) is 18.0 Å². The molecule has 0 aromatic rings. The van der Waals surface area contributed by atoms with Crippen molar-refractivity contribution in [1.82, 2.24) is 10.2 Å². The Morgan fingerprint density at radius 2 is 2.00 bits per heavy atom. The number of primary amides is 1. The van der Waals surface area contributed by atoms with E-state index in [4.69, 9.17) is 10.5 Å². The number of ether oxygens (including phenoxy) is 1. The van der Waals surface area contributed by atoms with E-state index in [0.717, 1.165) is 25.8 Å². The first kappa shape index (κ1) is 17.8. The maximum Gasteiger partial charge on any atom is 0.410 e. The Morgan fingerprint density at radius 3 is 2.57 bits per heavy atom. The van der Waals surface area contributed by atoms with Gasteiger partial charge in [-0.25, -0.2) is 4.79 Å². The minimum absolute atomic E-state index is 0.0700. The van der Waals surface area contributed by atoms with E-state index >= 15 is 0 Å². The van der Waals surface area contributed by atoms with Crippen LogP contribution in [0.1, 0.15) is 53.4 Å². The van der Waals surface area contributed by atoms with Crippen LogP contribution in [0.3, 0.4) is 0 Å². The molecule has 122 valence electrons. The summed E-state index contributed by atoms with van der Waals surface area (Å²) in [6.45, 7) is 8.98. The summed E-state index contributed by atoms with van der Waals surface area (Å²) < 4.78 is 5.41. The molecule has 1 heterocycles. The fourth-order valence-corrected chi connectivity index (χ4v) is 2.54. The number of rotatable bonds is 4. The lowest BCUT2D eigenvalue weighted by molar-refractivity contribution is -0.118. The number of nitrogens with zero attached hydrogens (tertiary/aromatic N) is 1. The Morgan fingerprint density at radius 1 is 1.33 bits per heavy atom. The van der Waals surface area contributed by atoms with Crippen LogP contribution < -0.4 is 11.1 Å². The van der Waals surface area contributed by atoms with Gasteiger partial charge in [-0.15, -0.1) is 0 Å². The van der Waals surface area contributed by atoms with Gasteiger partial charge in [-0.05, 0) is 47.0 Å². The molecular formula is C15H29N3O3. The number of hydrogen-bond donors (Lipinski definition) is 2. The van der Waals surface area contributed by atoms with E-state index in [1.54, 1.807) is 4.90 Å². The van der Waals surface area contributed by atoms with E-state index in [2.05, 4.69) is 5.32 Å². The largest absolute Gasteiger partial charge is 0.444 e. The molecule has 2 atom stereocenters. The third-order valence-corrected chi connectivity index (χ3v) is 3.41. The summed E-state index contributed by atoms with van der Waals surface area (Å²) in [5, 5.41) is 3.42. The second-order valence-corrected chi connectivity index (χ2v) is 6.83. The number of carbonyl (C=O) groups excluding carboxylic acids is 2. The van der Waals surface area contributed by atoms with Crippen LogP contribution in [-0.4, -0.2) is 47.7 Å². The van der Waals surface area contributed by atoms with Gasteiger partial charge in [0.05, 0.1) is 0 Å². The second-order valence-electron chi connectivity index (χ2n) is 6.83. The van der Waals surface area contributed by atoms with Crippen LogP contribution in [-0.2, 0) is 9.53 Å². The van der Waals surface area contributed by atoms with Crippen LogP contribution in [0.25, 0.3) is 0 Å². The van der Waals surface area contributed by atoms with Crippen LogP contribution in [0.5, 0.6) is 0 Å². The maximum absolute atomic E-state index is 12.1. The predicted molar refractivity (Wildman–Crippen MR) is 81.9 cm³/mol. The van der Waals surface area contributed by atoms with Gasteiger partial charge in [-0.2, -0.15) is 0 Å². The third kappa shape index (κ3) is 7.32. The highest BCUT2D eigenvalue weighted by molar-refractivity contribution is 5.74. The molecular weight excluding hydrogens is 270 g/mol. The lowest BCUT2D eigenvalue weighted by atomic mass is 10.1. The number of likely N-dealkylation sites (tertiary alicyclic amines) is 1. The van der Waals surface area contributed by atoms with Crippen LogP contribution in [0.4, 0.5) is 4.79 Å². The Bertz CT molecular complexity index is 366. The highest BCUT2D eigenvalue weighted by Crippen LogP contribution is 2.16. The van der Waals surface area contributed by atoms with Crippen molar-refractivity contribution >= 4 is 12.0 Å². The van der Waals surface area contributed by atoms with E-state index in [1.165, 1.54) is 0 Å². The molecule has 0 saturated carbocycles. The van der Waals surface area contributed by atoms with E-state index < -0.39 is 5.60 Å². The summed E-state index contributed by atoms with van der Waals surface area (Å²) in [5.41, 5.74) is 4.74. The molecule has 0 bridgehead atoms. The number of carbonyl (C=O) groups is 2. The SMILES string of the molecule is CC(CC(N)=O)NC1CCCN(C(=O)OC(C)(C)C)CC1. The summed E-state index contributed by atoms with van der Waals surface area (Å²) in [7, 11) is 0. The lowest BCUT2D eigenvalue weighted by Gasteiger charge is -2.26. The van der Waals surface area contributed by atoms with Crippen LogP contribution in [0, 0.1) is 0 Å². The molecule has 1 aliphatic heterocycles. The zero-order valence-corrected chi connectivity index (χ0v) is 13.6. The zero-order valence-electron chi connectivity index (χ0n) is 13.6. The van der Waals surface area contributed by atoms with Gasteiger partial charge in [0.15, 0.2) is 0 Å². The second kappa shape index (κ2) is 7.64. The van der Waals surface area contributed by atoms with Crippen molar-refractivity contribution in [1.29, 1.82) is 0 Å². The normalized spacial score (nSPS) is 21.5. The van der Waals surface area contributed by atoms with Crippen molar-refractivity contribution < 1.29 is 14.3 Å². The van der Waals surface area contributed by atoms with Crippen molar-refractivity contribution in [2.24, 2.45) is 5.73 Å². The number of nitrogens with two attached hydrogens (primary N) is 1. The van der Waals surface area contributed by atoms with E-state index in [1.807, 2.05) is 27.7 Å². The summed E-state index contributed by atoms with van der Waals surface area (Å²) in [6.07, 6.45) is 2.88. The molecule has 6 heteroatoms. The van der Waals surface area contributed by atoms with Gasteiger partial charge < -0.3 is 20.7 Å². The van der Waals surface area contributed by atoms with Gasteiger partial charge in [0, 0.05) is 31.6 Å². The van der Waals surface area contributed by atoms with Crippen molar-refractivity contribution in [3.05, 3.63) is 0 Å². The summed E-state index contributed by atoms with van der Waals surface area (Å²) in [4.78, 5) is 24.7. The first-order chi connectivity index (χ1) is 9.67. The first-order valence-corrected chi connectivity index (χ1v) is 7.69. The molecule has 0 aliphatic carbocycles. The Balaban J connectivity index is 2.43. The molecule has 2 amide bonds. The van der Waals surface area contributed by atoms with Gasteiger partial charge in [0.25, 0.3) is 0 Å². The maximum atomic E-state index is 12.1. The Labute approximate surface area is 127 Å². The molecule has 1 aliphatic rings.